The lowest BCUT2D eigenvalue weighted by Crippen LogP contribution is -2.38. The summed E-state index contributed by atoms with van der Waals surface area (Å²) in [7, 11) is 6.55. The molecule has 0 amide bonds. The molecule has 0 aliphatic rings. The van der Waals surface area contributed by atoms with E-state index in [0.29, 0.717) is 23.9 Å². The van der Waals surface area contributed by atoms with Crippen molar-refractivity contribution in [3.05, 3.63) is 17.7 Å². The maximum atomic E-state index is 5.51. The van der Waals surface area contributed by atoms with Gasteiger partial charge >= 0.3 is 0 Å². The van der Waals surface area contributed by atoms with Crippen LogP contribution in [0.25, 0.3) is 0 Å². The minimum atomic E-state index is 0.614. The van der Waals surface area contributed by atoms with Gasteiger partial charge in [0.05, 0.1) is 21.3 Å². The van der Waals surface area contributed by atoms with Gasteiger partial charge in [0, 0.05) is 38.9 Å². The molecule has 25 heavy (non-hydrogen) atoms. The number of nitrogens with zero attached hydrogens (tertiary/aromatic N) is 1. The molecule has 0 radical (unpaired) electrons. The van der Waals surface area contributed by atoms with Crippen LogP contribution in [0, 0.1) is 0 Å². The van der Waals surface area contributed by atoms with Gasteiger partial charge in [-0.1, -0.05) is 6.07 Å². The number of nitrogens with one attached hydrogen (secondary N) is 2. The van der Waals surface area contributed by atoms with E-state index in [1.165, 1.54) is 0 Å². The van der Waals surface area contributed by atoms with E-state index in [0.717, 1.165) is 44.0 Å². The van der Waals surface area contributed by atoms with Crippen molar-refractivity contribution in [3.63, 3.8) is 0 Å². The van der Waals surface area contributed by atoms with E-state index < -0.39 is 0 Å². The average molecular weight is 353 g/mol. The molecule has 0 atom stereocenters. The normalized spacial score (nSPS) is 11.2. The van der Waals surface area contributed by atoms with Gasteiger partial charge in [-0.15, -0.1) is 0 Å². The van der Waals surface area contributed by atoms with Gasteiger partial charge in [0.15, 0.2) is 17.5 Å². The van der Waals surface area contributed by atoms with Gasteiger partial charge in [0.1, 0.15) is 0 Å². The summed E-state index contributed by atoms with van der Waals surface area (Å²) in [6.45, 7) is 5.02. The van der Waals surface area contributed by atoms with E-state index in [1.807, 2.05) is 19.1 Å². The summed E-state index contributed by atoms with van der Waals surface area (Å²) in [6.07, 6.45) is 1.67. The van der Waals surface area contributed by atoms with Crippen molar-refractivity contribution in [3.8, 4) is 17.2 Å². The number of ether oxygens (including phenoxy) is 4. The monoisotopic (exact) mass is 353 g/mol. The van der Waals surface area contributed by atoms with Crippen molar-refractivity contribution in [1.82, 2.24) is 10.6 Å². The van der Waals surface area contributed by atoms with Crippen molar-refractivity contribution < 1.29 is 18.9 Å². The molecule has 142 valence electrons. The van der Waals surface area contributed by atoms with E-state index in [1.54, 1.807) is 28.4 Å². The minimum Gasteiger partial charge on any atom is -0.493 e. The SMILES string of the molecule is CCNC(=NCCCOC)NCCc1ccc(OC)c(OC)c1OC. The van der Waals surface area contributed by atoms with E-state index in [-0.39, 0.29) is 0 Å². The third-order valence-corrected chi connectivity index (χ3v) is 3.59. The van der Waals surface area contributed by atoms with Gasteiger partial charge < -0.3 is 29.6 Å². The number of guanidine groups is 1. The van der Waals surface area contributed by atoms with Crippen LogP contribution in [0.2, 0.25) is 0 Å². The van der Waals surface area contributed by atoms with E-state index in [4.69, 9.17) is 18.9 Å². The number of benzene rings is 1. The van der Waals surface area contributed by atoms with Crippen molar-refractivity contribution >= 4 is 5.96 Å². The highest BCUT2D eigenvalue weighted by molar-refractivity contribution is 5.79. The summed E-state index contributed by atoms with van der Waals surface area (Å²) in [4.78, 5) is 4.52. The molecule has 1 aromatic carbocycles. The molecule has 1 aromatic rings. The molecule has 0 heterocycles. The Morgan fingerprint density at radius 1 is 1.00 bits per heavy atom. The Morgan fingerprint density at radius 2 is 1.76 bits per heavy atom. The van der Waals surface area contributed by atoms with Crippen LogP contribution in [-0.4, -0.2) is 60.6 Å². The number of hydrogen-bond donors (Lipinski definition) is 2. The standard InChI is InChI=1S/C18H31N3O4/c1-6-19-18(20-11-7-13-22-2)21-12-10-14-8-9-15(23-3)17(25-5)16(14)24-4/h8-9H,6-7,10-13H2,1-5H3,(H2,19,20,21). The van der Waals surface area contributed by atoms with E-state index >= 15 is 0 Å². The lowest BCUT2D eigenvalue weighted by atomic mass is 10.1. The molecule has 0 bridgehead atoms. The Kier molecular flexibility index (Phi) is 10.2. The molecular weight excluding hydrogens is 322 g/mol. The lowest BCUT2D eigenvalue weighted by molar-refractivity contribution is 0.197. The zero-order chi connectivity index (χ0) is 18.5. The van der Waals surface area contributed by atoms with Crippen LogP contribution >= 0.6 is 0 Å². The van der Waals surface area contributed by atoms with E-state index in [2.05, 4.69) is 15.6 Å². The van der Waals surface area contributed by atoms with Gasteiger partial charge in [-0.05, 0) is 25.8 Å². The predicted molar refractivity (Wildman–Crippen MR) is 100 cm³/mol. The van der Waals surface area contributed by atoms with Crippen molar-refractivity contribution in [1.29, 1.82) is 0 Å². The van der Waals surface area contributed by atoms with Crippen molar-refractivity contribution in [2.24, 2.45) is 4.99 Å². The first-order valence-electron chi connectivity index (χ1n) is 8.50. The fraction of sp³-hybridized carbons (Fsp3) is 0.611. The molecule has 0 saturated carbocycles. The molecular formula is C18H31N3O4. The van der Waals surface area contributed by atoms with Crippen LogP contribution in [0.15, 0.2) is 17.1 Å². The molecule has 7 heteroatoms. The van der Waals surface area contributed by atoms with Crippen LogP contribution in [0.3, 0.4) is 0 Å². The molecule has 0 spiro atoms. The molecule has 0 aliphatic carbocycles. The van der Waals surface area contributed by atoms with Crippen molar-refractivity contribution in [2.75, 3.05) is 54.7 Å². The highest BCUT2D eigenvalue weighted by atomic mass is 16.5. The summed E-state index contributed by atoms with van der Waals surface area (Å²) in [5, 5.41) is 6.57. The number of hydrogen-bond acceptors (Lipinski definition) is 5. The third-order valence-electron chi connectivity index (χ3n) is 3.59. The molecule has 0 unspecified atom stereocenters. The molecule has 2 N–H and O–H groups in total. The molecule has 1 rings (SSSR count). The van der Waals surface area contributed by atoms with Gasteiger partial charge in [-0.25, -0.2) is 0 Å². The topological polar surface area (TPSA) is 73.3 Å². The Balaban J connectivity index is 2.69. The lowest BCUT2D eigenvalue weighted by Gasteiger charge is -2.16. The smallest absolute Gasteiger partial charge is 0.203 e. The summed E-state index contributed by atoms with van der Waals surface area (Å²) < 4.78 is 21.3. The zero-order valence-corrected chi connectivity index (χ0v) is 16.0. The average Bonchev–Trinajstić information content (AvgIpc) is 2.64. The fourth-order valence-corrected chi connectivity index (χ4v) is 2.42. The maximum Gasteiger partial charge on any atom is 0.203 e. The third kappa shape index (κ3) is 6.70. The van der Waals surface area contributed by atoms with Gasteiger partial charge in [0.25, 0.3) is 0 Å². The minimum absolute atomic E-state index is 0.614. The van der Waals surface area contributed by atoms with Crippen LogP contribution in [0.5, 0.6) is 17.2 Å². The Hall–Kier alpha value is -2.15. The second kappa shape index (κ2) is 12.2. The first kappa shape index (κ1) is 20.9. The Labute approximate surface area is 150 Å². The number of methoxy groups -OCH3 is 4. The molecule has 0 fully saturated rings. The Bertz CT molecular complexity index is 535. The number of aliphatic imine (C=N–C) groups is 1. The van der Waals surface area contributed by atoms with Gasteiger partial charge in [-0.3, -0.25) is 4.99 Å². The molecule has 7 nitrogen and oxygen atoms in total. The molecule has 0 aliphatic heterocycles. The first-order chi connectivity index (χ1) is 12.2. The molecule has 0 saturated heterocycles. The second-order valence-electron chi connectivity index (χ2n) is 5.28. The Morgan fingerprint density at radius 3 is 2.36 bits per heavy atom. The van der Waals surface area contributed by atoms with Gasteiger partial charge in [-0.2, -0.15) is 0 Å². The highest BCUT2D eigenvalue weighted by Gasteiger charge is 2.15. The fourth-order valence-electron chi connectivity index (χ4n) is 2.42. The maximum absolute atomic E-state index is 5.51. The summed E-state index contributed by atoms with van der Waals surface area (Å²) >= 11 is 0. The quantitative estimate of drug-likeness (QED) is 0.359. The largest absolute Gasteiger partial charge is 0.493 e. The zero-order valence-electron chi connectivity index (χ0n) is 16.0. The van der Waals surface area contributed by atoms with Gasteiger partial charge in [0.2, 0.25) is 5.75 Å². The van der Waals surface area contributed by atoms with Crippen LogP contribution in [0.4, 0.5) is 0 Å². The highest BCUT2D eigenvalue weighted by Crippen LogP contribution is 2.39. The van der Waals surface area contributed by atoms with Crippen molar-refractivity contribution in [2.45, 2.75) is 19.8 Å². The predicted octanol–water partition coefficient (Wildman–Crippen LogP) is 1.85. The van der Waals surface area contributed by atoms with Crippen LogP contribution in [-0.2, 0) is 11.2 Å². The molecule has 0 aromatic heterocycles. The van der Waals surface area contributed by atoms with Crippen LogP contribution < -0.4 is 24.8 Å². The first-order valence-corrected chi connectivity index (χ1v) is 8.50. The summed E-state index contributed by atoms with van der Waals surface area (Å²) in [6, 6.07) is 3.88. The summed E-state index contributed by atoms with van der Waals surface area (Å²) in [5.74, 6) is 2.77. The second-order valence-corrected chi connectivity index (χ2v) is 5.28. The number of rotatable bonds is 11. The van der Waals surface area contributed by atoms with Crippen LogP contribution in [0.1, 0.15) is 18.9 Å². The summed E-state index contributed by atoms with van der Waals surface area (Å²) in [5.41, 5.74) is 1.04. The van der Waals surface area contributed by atoms with E-state index in [9.17, 15) is 0 Å².